The van der Waals surface area contributed by atoms with Gasteiger partial charge in [-0.2, -0.15) is 0 Å². The second kappa shape index (κ2) is 4.00. The Bertz CT molecular complexity index is 834. The zero-order valence-electron chi connectivity index (χ0n) is 12.2. The quantitative estimate of drug-likeness (QED) is 0.531. The van der Waals surface area contributed by atoms with Crippen molar-refractivity contribution < 1.29 is 0 Å². The van der Waals surface area contributed by atoms with Crippen LogP contribution in [0.5, 0.6) is 0 Å². The molecule has 0 radical (unpaired) electrons. The zero-order chi connectivity index (χ0) is 13.9. The molecule has 104 valence electrons. The van der Waals surface area contributed by atoms with E-state index in [1.54, 1.807) is 5.56 Å². The smallest absolute Gasteiger partial charge is 0.0531 e. The molecule has 0 bridgehead atoms. The molecule has 1 aliphatic carbocycles. The van der Waals surface area contributed by atoms with E-state index in [4.69, 9.17) is 0 Å². The van der Waals surface area contributed by atoms with Crippen LogP contribution in [0.15, 0.2) is 54.6 Å². The van der Waals surface area contributed by atoms with E-state index >= 15 is 0 Å². The van der Waals surface area contributed by atoms with Crippen molar-refractivity contribution in [3.05, 3.63) is 65.9 Å². The monoisotopic (exact) mass is 273 g/mol. The summed E-state index contributed by atoms with van der Waals surface area (Å²) >= 11 is 0. The molecule has 0 unspecified atom stereocenters. The minimum Gasteiger partial charge on any atom is -0.312 e. The molecule has 1 fully saturated rings. The normalized spacial score (nSPS) is 18.9. The van der Waals surface area contributed by atoms with Gasteiger partial charge in [-0.05, 0) is 36.6 Å². The molecule has 1 heteroatoms. The van der Waals surface area contributed by atoms with Crippen molar-refractivity contribution in [2.75, 3.05) is 0 Å². The number of benzene rings is 2. The van der Waals surface area contributed by atoms with Gasteiger partial charge in [0, 0.05) is 16.5 Å². The van der Waals surface area contributed by atoms with E-state index in [2.05, 4.69) is 59.2 Å². The lowest BCUT2D eigenvalue weighted by atomic mass is 9.68. The first-order valence-corrected chi connectivity index (χ1v) is 8.11. The Balaban J connectivity index is 1.91. The van der Waals surface area contributed by atoms with E-state index in [1.807, 2.05) is 0 Å². The number of fused-ring (bicyclic) bond motifs is 7. The molecule has 3 aromatic rings. The van der Waals surface area contributed by atoms with Crippen LogP contribution in [0.2, 0.25) is 0 Å². The predicted octanol–water partition coefficient (Wildman–Crippen LogP) is 5.19. The molecule has 0 saturated heterocycles. The number of hydrogen-bond acceptors (Lipinski definition) is 0. The zero-order valence-corrected chi connectivity index (χ0v) is 12.2. The summed E-state index contributed by atoms with van der Waals surface area (Å²) in [7, 11) is 0. The SMILES string of the molecule is c1ccc2c(c1)-n1c(cc3ccccc31)C21CCCCC1. The van der Waals surface area contributed by atoms with Crippen LogP contribution in [-0.4, -0.2) is 4.57 Å². The Labute approximate surface area is 125 Å². The van der Waals surface area contributed by atoms with E-state index in [-0.39, 0.29) is 5.41 Å². The van der Waals surface area contributed by atoms with Gasteiger partial charge in [-0.15, -0.1) is 0 Å². The first kappa shape index (κ1) is 11.6. The Hall–Kier alpha value is -2.02. The maximum atomic E-state index is 2.52. The van der Waals surface area contributed by atoms with Crippen LogP contribution in [0.25, 0.3) is 16.6 Å². The first-order valence-electron chi connectivity index (χ1n) is 8.11. The maximum absolute atomic E-state index is 2.52. The number of para-hydroxylation sites is 2. The van der Waals surface area contributed by atoms with Crippen molar-refractivity contribution in [3.63, 3.8) is 0 Å². The highest BCUT2D eigenvalue weighted by Gasteiger charge is 2.44. The van der Waals surface area contributed by atoms with E-state index in [9.17, 15) is 0 Å². The fourth-order valence-electron chi connectivity index (χ4n) is 4.66. The standard InChI is InChI=1S/C20H19N/c1-6-12-20(13-7-1)16-9-3-5-11-18(16)21-17-10-4-2-8-15(17)14-19(20)21/h2-5,8-11,14H,1,6-7,12-13H2. The number of rotatable bonds is 0. The summed E-state index contributed by atoms with van der Waals surface area (Å²) in [6.07, 6.45) is 6.72. The number of aromatic nitrogens is 1. The Morgan fingerprint density at radius 2 is 1.57 bits per heavy atom. The van der Waals surface area contributed by atoms with Gasteiger partial charge in [0.05, 0.1) is 11.2 Å². The lowest BCUT2D eigenvalue weighted by Crippen LogP contribution is -2.28. The van der Waals surface area contributed by atoms with Crippen LogP contribution in [0.1, 0.15) is 43.4 Å². The molecule has 1 aromatic heterocycles. The second-order valence-corrected chi connectivity index (χ2v) is 6.58. The first-order chi connectivity index (χ1) is 10.4. The summed E-state index contributed by atoms with van der Waals surface area (Å²) in [6, 6.07) is 20.3. The van der Waals surface area contributed by atoms with Gasteiger partial charge in [0.25, 0.3) is 0 Å². The lowest BCUT2D eigenvalue weighted by Gasteiger charge is -2.34. The molecule has 1 aliphatic heterocycles. The third-order valence-corrected chi connectivity index (χ3v) is 5.57. The minimum absolute atomic E-state index is 0.272. The average molecular weight is 273 g/mol. The Morgan fingerprint density at radius 3 is 2.48 bits per heavy atom. The largest absolute Gasteiger partial charge is 0.312 e. The van der Waals surface area contributed by atoms with Gasteiger partial charge < -0.3 is 4.57 Å². The molecule has 0 atom stereocenters. The molecule has 0 N–H and O–H groups in total. The summed E-state index contributed by atoms with van der Waals surface area (Å²) in [4.78, 5) is 0. The fraction of sp³-hybridized carbons (Fsp3) is 0.300. The van der Waals surface area contributed by atoms with Crippen LogP contribution < -0.4 is 0 Å². The number of nitrogens with zero attached hydrogens (tertiary/aromatic N) is 1. The van der Waals surface area contributed by atoms with Crippen molar-refractivity contribution in [2.24, 2.45) is 0 Å². The second-order valence-electron chi connectivity index (χ2n) is 6.58. The van der Waals surface area contributed by atoms with E-state index in [0.717, 1.165) is 0 Å². The van der Waals surface area contributed by atoms with E-state index in [0.29, 0.717) is 0 Å². The van der Waals surface area contributed by atoms with Gasteiger partial charge in [0.1, 0.15) is 0 Å². The van der Waals surface area contributed by atoms with E-state index in [1.165, 1.54) is 54.4 Å². The molecular weight excluding hydrogens is 254 g/mol. The van der Waals surface area contributed by atoms with Crippen molar-refractivity contribution in [3.8, 4) is 5.69 Å². The molecule has 1 saturated carbocycles. The summed E-state index contributed by atoms with van der Waals surface area (Å²) in [5.74, 6) is 0. The third kappa shape index (κ3) is 1.37. The number of hydrogen-bond donors (Lipinski definition) is 0. The van der Waals surface area contributed by atoms with Crippen molar-refractivity contribution >= 4 is 10.9 Å². The van der Waals surface area contributed by atoms with Gasteiger partial charge in [-0.3, -0.25) is 0 Å². The topological polar surface area (TPSA) is 4.93 Å². The molecule has 0 amide bonds. The van der Waals surface area contributed by atoms with Gasteiger partial charge in [0.2, 0.25) is 0 Å². The van der Waals surface area contributed by atoms with Gasteiger partial charge in [-0.1, -0.05) is 55.7 Å². The average Bonchev–Trinajstić information content (AvgIpc) is 3.05. The highest BCUT2D eigenvalue weighted by Crippen LogP contribution is 2.53. The Kier molecular flexibility index (Phi) is 2.22. The minimum atomic E-state index is 0.272. The van der Waals surface area contributed by atoms with Crippen molar-refractivity contribution in [1.82, 2.24) is 4.57 Å². The van der Waals surface area contributed by atoms with Crippen LogP contribution in [-0.2, 0) is 5.41 Å². The Morgan fingerprint density at radius 1 is 0.810 bits per heavy atom. The van der Waals surface area contributed by atoms with Gasteiger partial charge in [-0.25, -0.2) is 0 Å². The highest BCUT2D eigenvalue weighted by molar-refractivity contribution is 5.86. The molecular formula is C20H19N. The van der Waals surface area contributed by atoms with Gasteiger partial charge in [0.15, 0.2) is 0 Å². The summed E-state index contributed by atoms with van der Waals surface area (Å²) in [5.41, 5.74) is 6.14. The molecule has 1 nitrogen and oxygen atoms in total. The molecule has 21 heavy (non-hydrogen) atoms. The molecule has 1 spiro atoms. The van der Waals surface area contributed by atoms with Gasteiger partial charge >= 0.3 is 0 Å². The lowest BCUT2D eigenvalue weighted by molar-refractivity contribution is 0.348. The third-order valence-electron chi connectivity index (χ3n) is 5.57. The van der Waals surface area contributed by atoms with E-state index < -0.39 is 0 Å². The summed E-state index contributed by atoms with van der Waals surface area (Å²) in [6.45, 7) is 0. The van der Waals surface area contributed by atoms with Crippen LogP contribution >= 0.6 is 0 Å². The van der Waals surface area contributed by atoms with Crippen molar-refractivity contribution in [1.29, 1.82) is 0 Å². The highest BCUT2D eigenvalue weighted by atomic mass is 15.0. The molecule has 2 aliphatic rings. The van der Waals surface area contributed by atoms with Crippen LogP contribution in [0, 0.1) is 0 Å². The maximum Gasteiger partial charge on any atom is 0.0531 e. The summed E-state index contributed by atoms with van der Waals surface area (Å²) in [5, 5.41) is 1.38. The fourth-order valence-corrected chi connectivity index (χ4v) is 4.66. The molecule has 2 heterocycles. The molecule has 5 rings (SSSR count). The molecule has 2 aromatic carbocycles. The summed E-state index contributed by atoms with van der Waals surface area (Å²) < 4.78 is 2.52. The van der Waals surface area contributed by atoms with Crippen LogP contribution in [0.3, 0.4) is 0 Å². The van der Waals surface area contributed by atoms with Crippen LogP contribution in [0.4, 0.5) is 0 Å². The predicted molar refractivity (Wildman–Crippen MR) is 87.1 cm³/mol. The van der Waals surface area contributed by atoms with Crippen molar-refractivity contribution in [2.45, 2.75) is 37.5 Å².